The van der Waals surface area contributed by atoms with Crippen LogP contribution < -0.4 is 5.32 Å². The van der Waals surface area contributed by atoms with Crippen LogP contribution in [0.5, 0.6) is 0 Å². The molecule has 1 aliphatic rings. The third kappa shape index (κ3) is 4.00. The van der Waals surface area contributed by atoms with Gasteiger partial charge in [0.15, 0.2) is 0 Å². The molecule has 2 heterocycles. The summed E-state index contributed by atoms with van der Waals surface area (Å²) in [5, 5.41) is 11.4. The summed E-state index contributed by atoms with van der Waals surface area (Å²) < 4.78 is 27.0. The fraction of sp³-hybridized carbons (Fsp3) is 0.200. The maximum Gasteiger partial charge on any atom is 0.257 e. The summed E-state index contributed by atoms with van der Waals surface area (Å²) >= 11 is 1.15. The molecule has 0 bridgehead atoms. The van der Waals surface area contributed by atoms with Gasteiger partial charge in [0.2, 0.25) is 11.0 Å². The van der Waals surface area contributed by atoms with Gasteiger partial charge in [0.1, 0.15) is 22.7 Å². The van der Waals surface area contributed by atoms with Crippen molar-refractivity contribution >= 4 is 28.3 Å². The molecule has 1 fully saturated rings. The van der Waals surface area contributed by atoms with Gasteiger partial charge in [0, 0.05) is 12.1 Å². The lowest BCUT2D eigenvalue weighted by atomic mass is 10.1. The van der Waals surface area contributed by atoms with Crippen molar-refractivity contribution < 1.29 is 18.4 Å². The van der Waals surface area contributed by atoms with E-state index >= 15 is 0 Å². The SMILES string of the molecule is O=C(Nc1nnc(-c2ccc(F)cc2)s1)C1CCCN1C(=O)c1ccccc1F. The number of halogens is 2. The Morgan fingerprint density at radius 2 is 1.83 bits per heavy atom. The number of anilines is 1. The molecule has 1 unspecified atom stereocenters. The van der Waals surface area contributed by atoms with E-state index in [-0.39, 0.29) is 16.5 Å². The van der Waals surface area contributed by atoms with Crippen molar-refractivity contribution in [2.24, 2.45) is 0 Å². The summed E-state index contributed by atoms with van der Waals surface area (Å²) in [5.41, 5.74) is 0.628. The second kappa shape index (κ2) is 8.04. The lowest BCUT2D eigenvalue weighted by molar-refractivity contribution is -0.119. The highest BCUT2D eigenvalue weighted by atomic mass is 32.1. The minimum Gasteiger partial charge on any atom is -0.327 e. The van der Waals surface area contributed by atoms with Gasteiger partial charge < -0.3 is 4.90 Å². The summed E-state index contributed by atoms with van der Waals surface area (Å²) in [6, 6.07) is 10.8. The first-order valence-corrected chi connectivity index (χ1v) is 9.80. The second-order valence-corrected chi connectivity index (χ2v) is 7.52. The first kappa shape index (κ1) is 19.1. The van der Waals surface area contributed by atoms with Gasteiger partial charge in [0.25, 0.3) is 5.91 Å². The molecule has 4 rings (SSSR count). The Kier molecular flexibility index (Phi) is 5.30. The van der Waals surface area contributed by atoms with Gasteiger partial charge in [-0.15, -0.1) is 10.2 Å². The van der Waals surface area contributed by atoms with Crippen molar-refractivity contribution in [2.45, 2.75) is 18.9 Å². The molecule has 29 heavy (non-hydrogen) atoms. The lowest BCUT2D eigenvalue weighted by Gasteiger charge is -2.23. The van der Waals surface area contributed by atoms with Gasteiger partial charge in [-0.3, -0.25) is 14.9 Å². The number of benzene rings is 2. The first-order chi connectivity index (χ1) is 14.0. The van der Waals surface area contributed by atoms with Crippen LogP contribution in [0, 0.1) is 11.6 Å². The molecule has 9 heteroatoms. The van der Waals surface area contributed by atoms with E-state index in [1.54, 1.807) is 18.2 Å². The average Bonchev–Trinajstić information content (AvgIpc) is 3.38. The molecule has 3 aromatic rings. The zero-order valence-electron chi connectivity index (χ0n) is 15.1. The summed E-state index contributed by atoms with van der Waals surface area (Å²) in [6.07, 6.45) is 1.13. The van der Waals surface area contributed by atoms with E-state index in [0.717, 1.165) is 11.3 Å². The molecule has 2 aromatic carbocycles. The van der Waals surface area contributed by atoms with Crippen molar-refractivity contribution in [1.82, 2.24) is 15.1 Å². The van der Waals surface area contributed by atoms with Crippen LogP contribution in [0.3, 0.4) is 0 Å². The van der Waals surface area contributed by atoms with Crippen molar-refractivity contribution in [1.29, 1.82) is 0 Å². The van der Waals surface area contributed by atoms with Crippen molar-refractivity contribution in [3.63, 3.8) is 0 Å². The van der Waals surface area contributed by atoms with Crippen LogP contribution in [0.2, 0.25) is 0 Å². The molecule has 0 saturated carbocycles. The molecule has 148 valence electrons. The first-order valence-electron chi connectivity index (χ1n) is 8.99. The zero-order valence-corrected chi connectivity index (χ0v) is 16.0. The highest BCUT2D eigenvalue weighted by Crippen LogP contribution is 2.28. The number of amides is 2. The monoisotopic (exact) mass is 414 g/mol. The van der Waals surface area contributed by atoms with E-state index in [4.69, 9.17) is 0 Å². The number of hydrogen-bond donors (Lipinski definition) is 1. The average molecular weight is 414 g/mol. The molecule has 1 aliphatic heterocycles. The number of aromatic nitrogens is 2. The van der Waals surface area contributed by atoms with Gasteiger partial charge in [-0.2, -0.15) is 0 Å². The van der Waals surface area contributed by atoms with E-state index in [0.29, 0.717) is 30.0 Å². The fourth-order valence-corrected chi connectivity index (χ4v) is 4.00. The lowest BCUT2D eigenvalue weighted by Crippen LogP contribution is -2.43. The molecule has 1 saturated heterocycles. The Bertz CT molecular complexity index is 1050. The maximum atomic E-state index is 14.0. The van der Waals surface area contributed by atoms with Crippen LogP contribution in [0.25, 0.3) is 10.6 Å². The van der Waals surface area contributed by atoms with Crippen LogP contribution in [-0.2, 0) is 4.79 Å². The van der Waals surface area contributed by atoms with Crippen LogP contribution in [-0.4, -0.2) is 39.5 Å². The van der Waals surface area contributed by atoms with E-state index < -0.39 is 23.7 Å². The van der Waals surface area contributed by atoms with Gasteiger partial charge in [-0.05, 0) is 49.2 Å². The standard InChI is InChI=1S/C20H16F2N4O2S/c21-13-9-7-12(8-10-13)18-24-25-20(29-18)23-17(27)16-6-3-11-26(16)19(28)14-4-1-2-5-15(14)22/h1-2,4-5,7-10,16H,3,6,11H2,(H,23,25,27). The normalized spacial score (nSPS) is 16.1. The molecule has 0 aliphatic carbocycles. The summed E-state index contributed by atoms with van der Waals surface area (Å²) in [6.45, 7) is 0.377. The molecule has 1 aromatic heterocycles. The second-order valence-electron chi connectivity index (χ2n) is 6.54. The molecule has 1 atom stereocenters. The molecular weight excluding hydrogens is 398 g/mol. The highest BCUT2D eigenvalue weighted by molar-refractivity contribution is 7.18. The largest absolute Gasteiger partial charge is 0.327 e. The minimum absolute atomic E-state index is 0.0540. The van der Waals surface area contributed by atoms with Gasteiger partial charge in [-0.25, -0.2) is 8.78 Å². The smallest absolute Gasteiger partial charge is 0.257 e. The predicted molar refractivity (Wildman–Crippen MR) is 104 cm³/mol. The van der Waals surface area contributed by atoms with Gasteiger partial charge in [0.05, 0.1) is 5.56 Å². The number of rotatable bonds is 4. The molecule has 6 nitrogen and oxygen atoms in total. The predicted octanol–water partition coefficient (Wildman–Crippen LogP) is 3.73. The maximum absolute atomic E-state index is 14.0. The Hall–Kier alpha value is -3.20. The highest BCUT2D eigenvalue weighted by Gasteiger charge is 2.35. The van der Waals surface area contributed by atoms with Crippen molar-refractivity contribution in [3.8, 4) is 10.6 Å². The zero-order chi connectivity index (χ0) is 20.4. The van der Waals surface area contributed by atoms with Crippen LogP contribution in [0.1, 0.15) is 23.2 Å². The number of carbonyl (C=O) groups is 2. The molecule has 2 amide bonds. The van der Waals surface area contributed by atoms with E-state index in [1.807, 2.05) is 0 Å². The van der Waals surface area contributed by atoms with Crippen LogP contribution in [0.4, 0.5) is 13.9 Å². The van der Waals surface area contributed by atoms with Crippen molar-refractivity contribution in [2.75, 3.05) is 11.9 Å². The Balaban J connectivity index is 1.47. The Morgan fingerprint density at radius 1 is 1.07 bits per heavy atom. The third-order valence-electron chi connectivity index (χ3n) is 4.67. The Labute approximate surface area is 169 Å². The van der Waals surface area contributed by atoms with Crippen LogP contribution >= 0.6 is 11.3 Å². The van der Waals surface area contributed by atoms with E-state index in [1.165, 1.54) is 35.2 Å². The number of hydrogen-bond acceptors (Lipinski definition) is 5. The fourth-order valence-electron chi connectivity index (χ4n) is 3.24. The van der Waals surface area contributed by atoms with Gasteiger partial charge >= 0.3 is 0 Å². The number of carbonyl (C=O) groups excluding carboxylic acids is 2. The Morgan fingerprint density at radius 3 is 2.59 bits per heavy atom. The number of likely N-dealkylation sites (tertiary alicyclic amines) is 1. The summed E-state index contributed by atoms with van der Waals surface area (Å²) in [7, 11) is 0. The topological polar surface area (TPSA) is 75.2 Å². The number of nitrogens with one attached hydrogen (secondary N) is 1. The molecule has 1 N–H and O–H groups in total. The van der Waals surface area contributed by atoms with Crippen LogP contribution in [0.15, 0.2) is 48.5 Å². The number of nitrogens with zero attached hydrogens (tertiary/aromatic N) is 3. The van der Waals surface area contributed by atoms with Crippen molar-refractivity contribution in [3.05, 3.63) is 65.7 Å². The molecule has 0 spiro atoms. The quantitative estimate of drug-likeness (QED) is 0.706. The van der Waals surface area contributed by atoms with Gasteiger partial charge in [-0.1, -0.05) is 23.5 Å². The van der Waals surface area contributed by atoms with E-state index in [2.05, 4.69) is 15.5 Å². The summed E-state index contributed by atoms with van der Waals surface area (Å²) in [5.74, 6) is -1.87. The molecular formula is C20H16F2N4O2S. The van der Waals surface area contributed by atoms with E-state index in [9.17, 15) is 18.4 Å². The third-order valence-corrected chi connectivity index (χ3v) is 5.55. The summed E-state index contributed by atoms with van der Waals surface area (Å²) in [4.78, 5) is 26.8. The molecule has 0 radical (unpaired) electrons. The minimum atomic E-state index is -0.708.